The molecular weight excluding hydrogens is 272 g/mol. The summed E-state index contributed by atoms with van der Waals surface area (Å²) in [5, 5.41) is 14.5. The lowest BCUT2D eigenvalue weighted by molar-refractivity contribution is 0.498. The van der Waals surface area contributed by atoms with Crippen LogP contribution in [0.1, 0.15) is 16.5 Å². The highest BCUT2D eigenvalue weighted by atomic mass is 32.1. The van der Waals surface area contributed by atoms with Crippen molar-refractivity contribution < 1.29 is 4.42 Å². The Morgan fingerprint density at radius 3 is 2.95 bits per heavy atom. The van der Waals surface area contributed by atoms with E-state index in [4.69, 9.17) is 4.42 Å². The molecular formula is C14H14N4OS. The number of rotatable bonds is 3. The first kappa shape index (κ1) is 12.9. The second-order valence-corrected chi connectivity index (χ2v) is 5.38. The van der Waals surface area contributed by atoms with Gasteiger partial charge in [-0.05, 0) is 17.5 Å². The summed E-state index contributed by atoms with van der Waals surface area (Å²) in [5.41, 5.74) is 0.359. The predicted molar refractivity (Wildman–Crippen MR) is 79.5 cm³/mol. The van der Waals surface area contributed by atoms with E-state index in [0.29, 0.717) is 17.5 Å². The Morgan fingerprint density at radius 2 is 2.25 bits per heavy atom. The Bertz CT molecular complexity index is 633. The zero-order valence-electron chi connectivity index (χ0n) is 10.9. The van der Waals surface area contributed by atoms with Crippen LogP contribution in [-0.4, -0.2) is 31.2 Å². The van der Waals surface area contributed by atoms with Crippen molar-refractivity contribution in [2.24, 2.45) is 0 Å². The second-order valence-electron chi connectivity index (χ2n) is 4.40. The monoisotopic (exact) mass is 286 g/mol. The molecule has 1 fully saturated rings. The van der Waals surface area contributed by atoms with E-state index >= 15 is 0 Å². The highest BCUT2D eigenvalue weighted by Crippen LogP contribution is 2.23. The average Bonchev–Trinajstić information content (AvgIpc) is 3.15. The van der Waals surface area contributed by atoms with Crippen LogP contribution in [0.3, 0.4) is 0 Å². The van der Waals surface area contributed by atoms with Crippen molar-refractivity contribution in [3.8, 4) is 6.07 Å². The van der Waals surface area contributed by atoms with Crippen LogP contribution in [-0.2, 0) is 0 Å². The molecule has 3 heterocycles. The zero-order chi connectivity index (χ0) is 13.8. The Morgan fingerprint density at radius 1 is 1.40 bits per heavy atom. The van der Waals surface area contributed by atoms with E-state index in [1.54, 1.807) is 17.4 Å². The molecule has 0 spiro atoms. The average molecular weight is 286 g/mol. The van der Waals surface area contributed by atoms with Gasteiger partial charge in [0.25, 0.3) is 0 Å². The summed E-state index contributed by atoms with van der Waals surface area (Å²) < 4.78 is 5.73. The van der Waals surface area contributed by atoms with Gasteiger partial charge in [0.15, 0.2) is 0 Å². The number of nitriles is 1. The van der Waals surface area contributed by atoms with E-state index in [2.05, 4.69) is 21.3 Å². The molecule has 1 aliphatic heterocycles. The van der Waals surface area contributed by atoms with Gasteiger partial charge in [0.1, 0.15) is 6.07 Å². The molecule has 0 unspecified atom stereocenters. The van der Waals surface area contributed by atoms with E-state index < -0.39 is 0 Å². The van der Waals surface area contributed by atoms with Crippen LogP contribution in [0.5, 0.6) is 0 Å². The van der Waals surface area contributed by atoms with E-state index in [0.717, 1.165) is 31.1 Å². The minimum Gasteiger partial charge on any atom is -0.420 e. The minimum absolute atomic E-state index is 0.359. The number of hydrogen-bond acceptors (Lipinski definition) is 6. The van der Waals surface area contributed by atoms with E-state index in [9.17, 15) is 5.26 Å². The van der Waals surface area contributed by atoms with Crippen molar-refractivity contribution in [3.63, 3.8) is 0 Å². The number of thiophene rings is 1. The molecule has 0 atom stereocenters. The molecule has 20 heavy (non-hydrogen) atoms. The van der Waals surface area contributed by atoms with Gasteiger partial charge in [-0.25, -0.2) is 0 Å². The molecule has 0 amide bonds. The van der Waals surface area contributed by atoms with Gasteiger partial charge in [-0.3, -0.25) is 0 Å². The third kappa shape index (κ3) is 2.74. The Labute approximate surface area is 121 Å². The maximum absolute atomic E-state index is 9.18. The lowest BCUT2D eigenvalue weighted by atomic mass is 10.3. The molecule has 2 aromatic heterocycles. The number of nitrogens with one attached hydrogen (secondary N) is 1. The molecule has 1 aliphatic rings. The Balaban J connectivity index is 1.83. The highest BCUT2D eigenvalue weighted by molar-refractivity contribution is 7.10. The van der Waals surface area contributed by atoms with Crippen LogP contribution < -0.4 is 10.2 Å². The molecule has 0 bridgehead atoms. The lowest BCUT2D eigenvalue weighted by Crippen LogP contribution is -2.43. The van der Waals surface area contributed by atoms with Gasteiger partial charge in [0.2, 0.25) is 17.5 Å². The number of nitrogens with zero attached hydrogens (tertiary/aromatic N) is 3. The Kier molecular flexibility index (Phi) is 3.81. The van der Waals surface area contributed by atoms with Crippen molar-refractivity contribution in [2.45, 2.75) is 0 Å². The summed E-state index contributed by atoms with van der Waals surface area (Å²) in [6.45, 7) is 3.45. The number of hydrogen-bond donors (Lipinski definition) is 1. The molecule has 0 aliphatic carbocycles. The van der Waals surface area contributed by atoms with Gasteiger partial charge in [0.05, 0.1) is 0 Å². The normalized spacial score (nSPS) is 15.7. The van der Waals surface area contributed by atoms with Crippen LogP contribution in [0.2, 0.25) is 0 Å². The van der Waals surface area contributed by atoms with Gasteiger partial charge >= 0.3 is 0 Å². The smallest absolute Gasteiger partial charge is 0.235 e. The minimum atomic E-state index is 0.359. The van der Waals surface area contributed by atoms with Gasteiger partial charge in [-0.2, -0.15) is 10.2 Å². The van der Waals surface area contributed by atoms with E-state index in [-0.39, 0.29) is 0 Å². The number of piperazine rings is 1. The van der Waals surface area contributed by atoms with Crippen LogP contribution in [0.4, 0.5) is 5.88 Å². The van der Waals surface area contributed by atoms with Crippen LogP contribution in [0.25, 0.3) is 12.2 Å². The lowest BCUT2D eigenvalue weighted by Gasteiger charge is -2.26. The van der Waals surface area contributed by atoms with Crippen LogP contribution >= 0.6 is 11.3 Å². The second kappa shape index (κ2) is 5.90. The quantitative estimate of drug-likeness (QED) is 0.937. The van der Waals surface area contributed by atoms with Crippen molar-refractivity contribution >= 4 is 29.4 Å². The SMILES string of the molecule is N#Cc1nc(C=Cc2cccs2)oc1N1CCNCC1. The summed E-state index contributed by atoms with van der Waals surface area (Å²) in [6.07, 6.45) is 3.75. The van der Waals surface area contributed by atoms with Crippen LogP contribution in [0, 0.1) is 11.3 Å². The summed E-state index contributed by atoms with van der Waals surface area (Å²) in [6, 6.07) is 6.12. The van der Waals surface area contributed by atoms with Gasteiger partial charge in [-0.1, -0.05) is 6.07 Å². The number of oxazole rings is 1. The first-order chi connectivity index (χ1) is 9.86. The first-order valence-corrected chi connectivity index (χ1v) is 7.33. The molecule has 0 aromatic carbocycles. The summed E-state index contributed by atoms with van der Waals surface area (Å²) >= 11 is 1.65. The third-order valence-corrected chi connectivity index (χ3v) is 3.91. The predicted octanol–water partition coefficient (Wildman–Crippen LogP) is 2.19. The molecule has 2 aromatic rings. The van der Waals surface area contributed by atoms with Crippen molar-refractivity contribution in [1.29, 1.82) is 5.26 Å². The van der Waals surface area contributed by atoms with Gasteiger partial charge in [0, 0.05) is 37.1 Å². The molecule has 0 radical (unpaired) electrons. The van der Waals surface area contributed by atoms with Crippen LogP contribution in [0.15, 0.2) is 21.9 Å². The number of aromatic nitrogens is 1. The molecule has 1 N–H and O–H groups in total. The summed E-state index contributed by atoms with van der Waals surface area (Å²) in [4.78, 5) is 7.42. The molecule has 5 nitrogen and oxygen atoms in total. The largest absolute Gasteiger partial charge is 0.420 e. The molecule has 3 rings (SSSR count). The van der Waals surface area contributed by atoms with Crippen molar-refractivity contribution in [2.75, 3.05) is 31.1 Å². The van der Waals surface area contributed by atoms with Crippen molar-refractivity contribution in [3.05, 3.63) is 34.0 Å². The maximum atomic E-state index is 9.18. The van der Waals surface area contributed by atoms with E-state index in [1.165, 1.54) is 0 Å². The molecule has 6 heteroatoms. The number of anilines is 1. The Hall–Kier alpha value is -2.10. The zero-order valence-corrected chi connectivity index (χ0v) is 11.7. The fourth-order valence-electron chi connectivity index (χ4n) is 2.09. The fourth-order valence-corrected chi connectivity index (χ4v) is 2.71. The summed E-state index contributed by atoms with van der Waals surface area (Å²) in [5.74, 6) is 1.06. The van der Waals surface area contributed by atoms with Gasteiger partial charge in [-0.15, -0.1) is 11.3 Å². The standard InChI is InChI=1S/C14H14N4OS/c15-10-12-14(18-7-5-16-6-8-18)19-13(17-12)4-3-11-2-1-9-20-11/h1-4,9,16H,5-8H2. The van der Waals surface area contributed by atoms with E-state index in [1.807, 2.05) is 23.6 Å². The summed E-state index contributed by atoms with van der Waals surface area (Å²) in [7, 11) is 0. The third-order valence-electron chi connectivity index (χ3n) is 3.07. The van der Waals surface area contributed by atoms with Gasteiger partial charge < -0.3 is 14.6 Å². The highest BCUT2D eigenvalue weighted by Gasteiger charge is 2.20. The molecule has 1 saturated heterocycles. The fraction of sp³-hybridized carbons (Fsp3) is 0.286. The first-order valence-electron chi connectivity index (χ1n) is 6.45. The molecule has 0 saturated carbocycles. The maximum Gasteiger partial charge on any atom is 0.235 e. The van der Waals surface area contributed by atoms with Crippen molar-refractivity contribution in [1.82, 2.24) is 10.3 Å². The molecule has 102 valence electrons. The topological polar surface area (TPSA) is 65.1 Å².